The monoisotopic (exact) mass is 788 g/mol. The Bertz CT molecular complexity index is 1860. The zero-order chi connectivity index (χ0) is 41.3. The summed E-state index contributed by atoms with van der Waals surface area (Å²) in [6.07, 6.45) is -0.354. The minimum atomic E-state index is -5.23. The molecule has 0 amide bonds. The van der Waals surface area contributed by atoms with Gasteiger partial charge in [0.2, 0.25) is 0 Å². The van der Waals surface area contributed by atoms with Crippen LogP contribution in [0.3, 0.4) is 0 Å². The fourth-order valence-electron chi connectivity index (χ4n) is 7.40. The van der Waals surface area contributed by atoms with Crippen molar-refractivity contribution in [3.8, 4) is 0 Å². The molecule has 300 valence electrons. The maximum absolute atomic E-state index is 14.9. The van der Waals surface area contributed by atoms with Crippen molar-refractivity contribution >= 4 is 36.2 Å². The zero-order valence-corrected chi connectivity index (χ0v) is 34.7. The van der Waals surface area contributed by atoms with Crippen LogP contribution in [0.15, 0.2) is 126 Å². The summed E-state index contributed by atoms with van der Waals surface area (Å²) >= 11 is 0. The van der Waals surface area contributed by atoms with Gasteiger partial charge in [-0.05, 0) is 47.5 Å². The van der Waals surface area contributed by atoms with Crippen molar-refractivity contribution in [1.29, 1.82) is 0 Å². The van der Waals surface area contributed by atoms with Crippen molar-refractivity contribution in [3.63, 3.8) is 0 Å². The summed E-state index contributed by atoms with van der Waals surface area (Å²) in [5.74, 6) is -3.78. The minimum Gasteiger partial charge on any atom is -0.451 e. The van der Waals surface area contributed by atoms with Crippen LogP contribution in [-0.2, 0) is 33.9 Å². The van der Waals surface area contributed by atoms with E-state index in [2.05, 4.69) is 45.0 Å². The molecule has 6 nitrogen and oxygen atoms in total. The molecule has 0 aliphatic heterocycles. The summed E-state index contributed by atoms with van der Waals surface area (Å²) < 4.78 is 62.5. The highest BCUT2D eigenvalue weighted by Crippen LogP contribution is 2.44. The topological polar surface area (TPSA) is 78.9 Å². The highest BCUT2D eigenvalue weighted by Gasteiger charge is 2.64. The molecule has 0 fully saturated rings. The Morgan fingerprint density at radius 1 is 0.839 bits per heavy atom. The molecular formula is C46H55F3O6Si. The summed E-state index contributed by atoms with van der Waals surface area (Å²) in [4.78, 5) is 42.4. The standard InChI is InChI=1S/C46H55F3O6Si/c1-32(2)39-29-27-33(3)19-18-20-35(31-54-56(44(5,6)7,37-23-14-10-15-24-37)38-25-16-11-17-26-38)40(50)30-28-34(4)42(41(39)51)55-43(52)45(53-8,46(47,48)49)36-21-12-9-13-22-36/h9-17,20-27,29,32,34,42H,18-19,28,30-31H2,1-8H3/b33-27-,35-20-,39-29+/t34-,42+,45+/m1/s1. The first-order valence-electron chi connectivity index (χ1n) is 19.2. The number of hydrogen-bond donors (Lipinski definition) is 0. The van der Waals surface area contributed by atoms with Crippen molar-refractivity contribution in [1.82, 2.24) is 0 Å². The van der Waals surface area contributed by atoms with Crippen LogP contribution in [-0.4, -0.2) is 51.9 Å². The van der Waals surface area contributed by atoms with Crippen LogP contribution in [0.4, 0.5) is 13.2 Å². The third kappa shape index (κ3) is 9.58. The molecule has 0 saturated heterocycles. The molecule has 4 rings (SSSR count). The summed E-state index contributed by atoms with van der Waals surface area (Å²) in [6.45, 7) is 13.6. The van der Waals surface area contributed by atoms with E-state index >= 15 is 0 Å². The number of ketones is 2. The normalized spacial score (nSPS) is 22.1. The molecule has 3 aromatic carbocycles. The highest BCUT2D eigenvalue weighted by molar-refractivity contribution is 6.99. The number of benzene rings is 3. The van der Waals surface area contributed by atoms with E-state index in [-0.39, 0.29) is 36.2 Å². The summed E-state index contributed by atoms with van der Waals surface area (Å²) in [5.41, 5.74) is -2.28. The Hall–Kier alpha value is -4.38. The van der Waals surface area contributed by atoms with Crippen molar-refractivity contribution in [3.05, 3.63) is 132 Å². The Morgan fingerprint density at radius 3 is 1.86 bits per heavy atom. The number of carbonyl (C=O) groups excluding carboxylic acids is 3. The van der Waals surface area contributed by atoms with Crippen LogP contribution in [0.25, 0.3) is 0 Å². The quantitative estimate of drug-likeness (QED) is 0.151. The molecule has 10 heteroatoms. The number of esters is 1. The predicted octanol–water partition coefficient (Wildman–Crippen LogP) is 9.38. The van der Waals surface area contributed by atoms with Gasteiger partial charge in [0.15, 0.2) is 17.7 Å². The van der Waals surface area contributed by atoms with Gasteiger partial charge in [-0.15, -0.1) is 0 Å². The summed E-state index contributed by atoms with van der Waals surface area (Å²) in [5, 5.41) is 1.80. The van der Waals surface area contributed by atoms with Crippen molar-refractivity contribution in [2.24, 2.45) is 11.8 Å². The molecule has 0 bridgehead atoms. The molecule has 1 aliphatic rings. The SMILES string of the molecule is CO[C@](C(=O)O[C@@H]1C(=O)/C(C(C)C)=C/C=C(/C)CC/C=C(/CO[Si](c2ccccc2)(c2ccccc2)C(C)(C)C)C(=O)CC[C@H]1C)(c1ccccc1)C(F)(F)F. The van der Waals surface area contributed by atoms with Gasteiger partial charge in [-0.2, -0.15) is 13.2 Å². The Labute approximate surface area is 331 Å². The van der Waals surface area contributed by atoms with Crippen LogP contribution in [0, 0.1) is 11.8 Å². The number of Topliss-reactive ketones (excluding diaryl/α,β-unsaturated/α-hetero) is 2. The first-order valence-corrected chi connectivity index (χ1v) is 21.1. The largest absolute Gasteiger partial charge is 0.451 e. The van der Waals surface area contributed by atoms with Gasteiger partial charge in [0.25, 0.3) is 13.9 Å². The van der Waals surface area contributed by atoms with Gasteiger partial charge in [-0.1, -0.05) is 156 Å². The number of hydrogen-bond acceptors (Lipinski definition) is 6. The first-order chi connectivity index (χ1) is 26.4. The third-order valence-corrected chi connectivity index (χ3v) is 15.6. The lowest BCUT2D eigenvalue weighted by Gasteiger charge is -2.43. The molecule has 0 N–H and O–H groups in total. The van der Waals surface area contributed by atoms with Crippen LogP contribution < -0.4 is 10.4 Å². The second kappa shape index (κ2) is 18.7. The average Bonchev–Trinajstić information content (AvgIpc) is 3.15. The number of methoxy groups -OCH3 is 1. The lowest BCUT2D eigenvalue weighted by atomic mass is 9.86. The van der Waals surface area contributed by atoms with Crippen LogP contribution >= 0.6 is 0 Å². The molecule has 0 saturated carbocycles. The molecule has 0 aromatic heterocycles. The number of allylic oxidation sites excluding steroid dienone is 4. The first kappa shape index (κ1) is 44.3. The molecule has 3 atom stereocenters. The highest BCUT2D eigenvalue weighted by atomic mass is 28.4. The summed E-state index contributed by atoms with van der Waals surface area (Å²) in [7, 11) is -2.23. The zero-order valence-electron chi connectivity index (χ0n) is 33.7. The molecule has 0 heterocycles. The Kier molecular flexibility index (Phi) is 14.8. The van der Waals surface area contributed by atoms with E-state index in [1.54, 1.807) is 32.9 Å². The fraction of sp³-hybridized carbons (Fsp3) is 0.413. The fourth-order valence-corrected chi connectivity index (χ4v) is 11.9. The van der Waals surface area contributed by atoms with Gasteiger partial charge in [-0.3, -0.25) is 9.59 Å². The van der Waals surface area contributed by atoms with Crippen molar-refractivity contribution < 1.29 is 41.5 Å². The molecular weight excluding hydrogens is 734 g/mol. The van der Waals surface area contributed by atoms with Gasteiger partial charge >= 0.3 is 12.1 Å². The van der Waals surface area contributed by atoms with Gasteiger partial charge in [0.05, 0.1) is 6.61 Å². The third-order valence-electron chi connectivity index (χ3n) is 10.6. The number of carbonyl (C=O) groups is 3. The van der Waals surface area contributed by atoms with E-state index in [1.807, 2.05) is 49.4 Å². The van der Waals surface area contributed by atoms with E-state index in [4.69, 9.17) is 13.9 Å². The molecule has 1 aliphatic carbocycles. The lowest BCUT2D eigenvalue weighted by molar-refractivity contribution is -0.278. The van der Waals surface area contributed by atoms with Crippen molar-refractivity contribution in [2.75, 3.05) is 13.7 Å². The van der Waals surface area contributed by atoms with Gasteiger partial charge < -0.3 is 13.9 Å². The second-order valence-corrected chi connectivity index (χ2v) is 20.2. The Morgan fingerprint density at radius 2 is 1.38 bits per heavy atom. The van der Waals surface area contributed by atoms with E-state index < -0.39 is 49.4 Å². The maximum Gasteiger partial charge on any atom is 0.432 e. The van der Waals surface area contributed by atoms with Gasteiger partial charge in [0, 0.05) is 36.2 Å². The van der Waals surface area contributed by atoms with E-state index in [1.165, 1.54) is 18.2 Å². The lowest BCUT2D eigenvalue weighted by Crippen LogP contribution is -2.66. The molecule has 3 aromatic rings. The van der Waals surface area contributed by atoms with Crippen LogP contribution in [0.5, 0.6) is 0 Å². The number of rotatable bonds is 10. The number of alkyl halides is 3. The van der Waals surface area contributed by atoms with Gasteiger partial charge in [0.1, 0.15) is 0 Å². The van der Waals surface area contributed by atoms with E-state index in [0.29, 0.717) is 24.0 Å². The smallest absolute Gasteiger partial charge is 0.432 e. The average molecular weight is 789 g/mol. The molecule has 0 spiro atoms. The van der Waals surface area contributed by atoms with E-state index in [0.717, 1.165) is 35.2 Å². The Balaban J connectivity index is 1.75. The maximum atomic E-state index is 14.9. The minimum absolute atomic E-state index is 0.0387. The predicted molar refractivity (Wildman–Crippen MR) is 217 cm³/mol. The second-order valence-electron chi connectivity index (χ2n) is 15.9. The van der Waals surface area contributed by atoms with Gasteiger partial charge in [-0.25, -0.2) is 4.79 Å². The number of ether oxygens (including phenoxy) is 2. The molecule has 0 unspecified atom stereocenters. The van der Waals surface area contributed by atoms with E-state index in [9.17, 15) is 27.6 Å². The van der Waals surface area contributed by atoms with Crippen LogP contribution in [0.2, 0.25) is 5.04 Å². The molecule has 56 heavy (non-hydrogen) atoms. The van der Waals surface area contributed by atoms with Crippen LogP contribution in [0.1, 0.15) is 79.7 Å². The number of halogens is 3. The van der Waals surface area contributed by atoms with Crippen molar-refractivity contribution in [2.45, 2.75) is 97.1 Å². The summed E-state index contributed by atoms with van der Waals surface area (Å²) in [6, 6.07) is 26.7. The molecule has 0 radical (unpaired) electrons.